The Morgan fingerprint density at radius 1 is 1.33 bits per heavy atom. The summed E-state index contributed by atoms with van der Waals surface area (Å²) >= 11 is 1.83. The number of nitrogens with one attached hydrogen (secondary N) is 2. The van der Waals surface area contributed by atoms with E-state index in [2.05, 4.69) is 32.0 Å². The maximum Gasteiger partial charge on any atom is 0.181 e. The number of fused-ring (bicyclic) bond motifs is 1. The molecule has 24 heavy (non-hydrogen) atoms. The lowest BCUT2D eigenvalue weighted by Crippen LogP contribution is -2.40. The molecule has 0 radical (unpaired) electrons. The zero-order valence-corrected chi connectivity index (χ0v) is 14.0. The second-order valence-corrected chi connectivity index (χ2v) is 7.44. The van der Waals surface area contributed by atoms with Crippen LogP contribution in [0.2, 0.25) is 0 Å². The van der Waals surface area contributed by atoms with Crippen LogP contribution < -0.4 is 10.6 Å². The van der Waals surface area contributed by atoms with Gasteiger partial charge in [0.15, 0.2) is 6.39 Å². The minimum Gasteiger partial charge on any atom is -0.448 e. The third kappa shape index (κ3) is 2.47. The summed E-state index contributed by atoms with van der Waals surface area (Å²) < 4.78 is 7.42. The van der Waals surface area contributed by atoms with Crippen LogP contribution in [0.4, 0.5) is 0 Å². The van der Waals surface area contributed by atoms with Gasteiger partial charge in [-0.25, -0.2) is 9.67 Å². The van der Waals surface area contributed by atoms with Crippen molar-refractivity contribution in [3.8, 4) is 10.6 Å². The van der Waals surface area contributed by atoms with Gasteiger partial charge in [0, 0.05) is 37.0 Å². The molecule has 0 atom stereocenters. The first kappa shape index (κ1) is 14.3. The molecule has 0 bridgehead atoms. The van der Waals surface area contributed by atoms with Crippen molar-refractivity contribution in [3.63, 3.8) is 0 Å². The molecule has 124 valence electrons. The molecule has 2 aliphatic rings. The minimum atomic E-state index is 0.432. The van der Waals surface area contributed by atoms with E-state index in [4.69, 9.17) is 4.42 Å². The quantitative estimate of drug-likeness (QED) is 0.745. The highest BCUT2D eigenvalue weighted by atomic mass is 32.1. The maximum atomic E-state index is 5.57. The summed E-state index contributed by atoms with van der Waals surface area (Å²) in [4.78, 5) is 7.02. The fourth-order valence-electron chi connectivity index (χ4n) is 3.22. The van der Waals surface area contributed by atoms with Gasteiger partial charge in [0.2, 0.25) is 0 Å². The molecule has 0 saturated carbocycles. The first-order valence-corrected chi connectivity index (χ1v) is 9.04. The zero-order chi connectivity index (χ0) is 15.9. The number of rotatable bonds is 4. The average molecular weight is 342 g/mol. The summed E-state index contributed by atoms with van der Waals surface area (Å²) in [6.45, 7) is 4.53. The smallest absolute Gasteiger partial charge is 0.181 e. The van der Waals surface area contributed by atoms with Crippen LogP contribution in [0.1, 0.15) is 27.8 Å². The molecule has 0 unspecified atom stereocenters. The predicted molar refractivity (Wildman–Crippen MR) is 90.0 cm³/mol. The Balaban J connectivity index is 1.37. The van der Waals surface area contributed by atoms with Crippen molar-refractivity contribution in [3.05, 3.63) is 40.6 Å². The third-order valence-corrected chi connectivity index (χ3v) is 5.93. The van der Waals surface area contributed by atoms with Gasteiger partial charge in [-0.15, -0.1) is 16.4 Å². The molecule has 2 aliphatic heterocycles. The molecule has 3 aromatic heterocycles. The monoisotopic (exact) mass is 342 g/mol. The van der Waals surface area contributed by atoms with Gasteiger partial charge >= 0.3 is 0 Å². The number of thiophene rings is 1. The Morgan fingerprint density at radius 2 is 2.29 bits per heavy atom. The van der Waals surface area contributed by atoms with Crippen LogP contribution in [-0.4, -0.2) is 39.6 Å². The summed E-state index contributed by atoms with van der Waals surface area (Å²) in [5.41, 5.74) is 3.28. The van der Waals surface area contributed by atoms with E-state index in [9.17, 15) is 0 Å². The molecule has 8 heteroatoms. The molecular weight excluding hydrogens is 324 g/mol. The van der Waals surface area contributed by atoms with Crippen LogP contribution in [0.15, 0.2) is 23.1 Å². The fraction of sp³-hybridized carbons (Fsp3) is 0.438. The standard InChI is InChI=1S/C16H18N6OS/c1-2-17-4-10-3-15(24-14(1)10)12-7-22(21-20-12)8-13-16(23-9-19-13)11-5-18-6-11/h3,7,9,11,17-18H,1-2,4-6,8H2. The number of hydrogen-bond donors (Lipinski definition) is 2. The summed E-state index contributed by atoms with van der Waals surface area (Å²) in [7, 11) is 0. The van der Waals surface area contributed by atoms with Crippen LogP contribution in [-0.2, 0) is 19.5 Å². The molecule has 7 nitrogen and oxygen atoms in total. The first-order valence-electron chi connectivity index (χ1n) is 8.22. The van der Waals surface area contributed by atoms with Crippen molar-refractivity contribution in [2.24, 2.45) is 0 Å². The average Bonchev–Trinajstić information content (AvgIpc) is 3.25. The van der Waals surface area contributed by atoms with Crippen LogP contribution in [0.25, 0.3) is 10.6 Å². The second kappa shape index (κ2) is 5.80. The lowest BCUT2D eigenvalue weighted by molar-refractivity contribution is 0.364. The summed E-state index contributed by atoms with van der Waals surface area (Å²) in [6, 6.07) is 2.24. The van der Waals surface area contributed by atoms with Crippen molar-refractivity contribution in [2.75, 3.05) is 19.6 Å². The van der Waals surface area contributed by atoms with E-state index in [1.807, 2.05) is 22.2 Å². The number of aromatic nitrogens is 4. The van der Waals surface area contributed by atoms with E-state index in [0.717, 1.165) is 49.7 Å². The SMILES string of the molecule is c1nc(Cn2cc(-c3cc4c(s3)CCNC4)nn2)c(C2CNC2)o1. The molecule has 0 spiro atoms. The van der Waals surface area contributed by atoms with Crippen LogP contribution in [0.3, 0.4) is 0 Å². The Morgan fingerprint density at radius 3 is 3.12 bits per heavy atom. The van der Waals surface area contributed by atoms with Crippen molar-refractivity contribution in [1.82, 2.24) is 30.6 Å². The van der Waals surface area contributed by atoms with E-state index in [-0.39, 0.29) is 0 Å². The van der Waals surface area contributed by atoms with Gasteiger partial charge < -0.3 is 15.1 Å². The van der Waals surface area contributed by atoms with E-state index >= 15 is 0 Å². The summed E-state index contributed by atoms with van der Waals surface area (Å²) in [6.07, 6.45) is 4.63. The van der Waals surface area contributed by atoms with Crippen LogP contribution in [0.5, 0.6) is 0 Å². The van der Waals surface area contributed by atoms with Gasteiger partial charge in [-0.05, 0) is 18.1 Å². The topological polar surface area (TPSA) is 80.8 Å². The number of nitrogens with zero attached hydrogens (tertiary/aromatic N) is 4. The third-order valence-electron chi connectivity index (χ3n) is 4.67. The van der Waals surface area contributed by atoms with E-state index in [1.54, 1.807) is 0 Å². The molecule has 5 heterocycles. The Hall–Kier alpha value is -2.03. The second-order valence-electron chi connectivity index (χ2n) is 6.31. The van der Waals surface area contributed by atoms with Crippen molar-refractivity contribution < 1.29 is 4.42 Å². The summed E-state index contributed by atoms with van der Waals surface area (Å²) in [5, 5.41) is 15.3. The molecule has 1 fully saturated rings. The number of hydrogen-bond acceptors (Lipinski definition) is 7. The van der Waals surface area contributed by atoms with Crippen molar-refractivity contribution in [2.45, 2.75) is 25.4 Å². The van der Waals surface area contributed by atoms with Crippen molar-refractivity contribution >= 4 is 11.3 Å². The highest BCUT2D eigenvalue weighted by molar-refractivity contribution is 7.15. The number of oxazole rings is 1. The highest BCUT2D eigenvalue weighted by Gasteiger charge is 2.26. The normalized spacial score (nSPS) is 17.7. The van der Waals surface area contributed by atoms with Gasteiger partial charge in [0.1, 0.15) is 17.1 Å². The van der Waals surface area contributed by atoms with E-state index < -0.39 is 0 Å². The van der Waals surface area contributed by atoms with Gasteiger partial charge in [0.05, 0.1) is 17.6 Å². The molecule has 1 saturated heterocycles. The van der Waals surface area contributed by atoms with E-state index in [1.165, 1.54) is 21.7 Å². The van der Waals surface area contributed by atoms with Crippen LogP contribution >= 0.6 is 11.3 Å². The first-order chi connectivity index (χ1) is 11.9. The predicted octanol–water partition coefficient (Wildman–Crippen LogP) is 1.38. The minimum absolute atomic E-state index is 0.432. The van der Waals surface area contributed by atoms with E-state index in [0.29, 0.717) is 12.5 Å². The van der Waals surface area contributed by atoms with Crippen LogP contribution in [0, 0.1) is 0 Å². The molecular formula is C16H18N6OS. The lowest BCUT2D eigenvalue weighted by Gasteiger charge is -2.25. The zero-order valence-electron chi connectivity index (χ0n) is 13.2. The molecule has 0 aromatic carbocycles. The maximum absolute atomic E-state index is 5.57. The molecule has 3 aromatic rings. The molecule has 2 N–H and O–H groups in total. The van der Waals surface area contributed by atoms with Gasteiger partial charge in [-0.2, -0.15) is 0 Å². The van der Waals surface area contributed by atoms with Gasteiger partial charge in [0.25, 0.3) is 0 Å². The fourth-order valence-corrected chi connectivity index (χ4v) is 4.36. The molecule has 0 aliphatic carbocycles. The molecule has 5 rings (SSSR count). The summed E-state index contributed by atoms with van der Waals surface area (Å²) in [5.74, 6) is 1.41. The van der Waals surface area contributed by atoms with Gasteiger partial charge in [-0.3, -0.25) is 0 Å². The Bertz CT molecular complexity index is 838. The molecule has 0 amide bonds. The Labute approximate surface area is 143 Å². The highest BCUT2D eigenvalue weighted by Crippen LogP contribution is 2.32. The lowest BCUT2D eigenvalue weighted by atomic mass is 9.99. The van der Waals surface area contributed by atoms with Gasteiger partial charge in [-0.1, -0.05) is 5.21 Å². The largest absolute Gasteiger partial charge is 0.448 e. The Kier molecular flexibility index (Phi) is 3.46. The van der Waals surface area contributed by atoms with Crippen molar-refractivity contribution in [1.29, 1.82) is 0 Å².